The van der Waals surface area contributed by atoms with Crippen LogP contribution in [0.1, 0.15) is 5.56 Å². The summed E-state index contributed by atoms with van der Waals surface area (Å²) in [5, 5.41) is 27.9. The molecule has 4 rings (SSSR count). The topological polar surface area (TPSA) is 68.7 Å². The molecule has 0 aliphatic rings. The molecular formula is C25H24Cl2N4O. The number of fused-ring (bicyclic) bond motifs is 2. The Morgan fingerprint density at radius 1 is 0.719 bits per heavy atom. The average Bonchev–Trinajstić information content (AvgIpc) is 2.80. The van der Waals surface area contributed by atoms with Gasteiger partial charge < -0.3 is 21.2 Å². The zero-order valence-electron chi connectivity index (χ0n) is 17.4. The normalized spacial score (nSPS) is 11.4. The summed E-state index contributed by atoms with van der Waals surface area (Å²) in [6.07, 6.45) is 1.46. The van der Waals surface area contributed by atoms with Crippen molar-refractivity contribution in [3.8, 4) is 0 Å². The van der Waals surface area contributed by atoms with Gasteiger partial charge in [-0.3, -0.25) is 0 Å². The molecule has 4 N–H and O–H groups in total. The number of nitrogens with zero attached hydrogens (tertiary/aromatic N) is 1. The van der Waals surface area contributed by atoms with Crippen molar-refractivity contribution in [1.82, 2.24) is 5.32 Å². The van der Waals surface area contributed by atoms with E-state index in [2.05, 4.69) is 21.1 Å². The summed E-state index contributed by atoms with van der Waals surface area (Å²) in [5.74, 6) is 0. The Kier molecular flexibility index (Phi) is 7.32. The fourth-order valence-electron chi connectivity index (χ4n) is 3.86. The van der Waals surface area contributed by atoms with Crippen molar-refractivity contribution in [2.45, 2.75) is 0 Å². The maximum absolute atomic E-state index is 8.96. The van der Waals surface area contributed by atoms with Crippen molar-refractivity contribution in [3.05, 3.63) is 82.3 Å². The second-order valence-electron chi connectivity index (χ2n) is 7.36. The molecular weight excluding hydrogens is 443 g/mol. The Balaban J connectivity index is 1.31. The van der Waals surface area contributed by atoms with Crippen molar-refractivity contribution in [1.29, 1.82) is 0 Å². The van der Waals surface area contributed by atoms with Crippen molar-refractivity contribution in [2.24, 2.45) is 5.16 Å². The van der Waals surface area contributed by atoms with Gasteiger partial charge in [0.05, 0.1) is 21.9 Å². The highest BCUT2D eigenvalue weighted by Gasteiger charge is 2.09. The molecule has 0 aromatic heterocycles. The molecule has 0 atom stereocenters. The average molecular weight is 467 g/mol. The molecule has 0 amide bonds. The van der Waals surface area contributed by atoms with E-state index in [4.69, 9.17) is 28.4 Å². The molecule has 0 saturated heterocycles. The summed E-state index contributed by atoms with van der Waals surface area (Å²) < 4.78 is 0. The molecule has 5 nitrogen and oxygen atoms in total. The smallest absolute Gasteiger partial charge is 0.0740 e. The lowest BCUT2D eigenvalue weighted by Crippen LogP contribution is -2.27. The Bertz CT molecular complexity index is 1250. The van der Waals surface area contributed by atoms with Crippen molar-refractivity contribution >= 4 is 62.3 Å². The molecule has 164 valence electrons. The fraction of sp³-hybridized carbons (Fsp3) is 0.160. The van der Waals surface area contributed by atoms with E-state index in [-0.39, 0.29) is 0 Å². The minimum Gasteiger partial charge on any atom is -0.411 e. The van der Waals surface area contributed by atoms with E-state index in [0.29, 0.717) is 10.0 Å². The predicted molar refractivity (Wildman–Crippen MR) is 137 cm³/mol. The molecule has 0 saturated carbocycles. The highest BCUT2D eigenvalue weighted by molar-refractivity contribution is 6.40. The number of rotatable bonds is 9. The predicted octanol–water partition coefficient (Wildman–Crippen LogP) is 6.22. The van der Waals surface area contributed by atoms with Crippen LogP contribution in [0.4, 0.5) is 11.4 Å². The summed E-state index contributed by atoms with van der Waals surface area (Å²) >= 11 is 12.8. The van der Waals surface area contributed by atoms with Crippen LogP contribution in [0.5, 0.6) is 0 Å². The van der Waals surface area contributed by atoms with Crippen molar-refractivity contribution < 1.29 is 5.21 Å². The first kappa shape index (κ1) is 22.2. The van der Waals surface area contributed by atoms with Crippen LogP contribution in [-0.4, -0.2) is 37.6 Å². The first-order chi connectivity index (χ1) is 15.7. The molecule has 0 bridgehead atoms. The van der Waals surface area contributed by atoms with Crippen LogP contribution in [0.3, 0.4) is 0 Å². The largest absolute Gasteiger partial charge is 0.411 e. The van der Waals surface area contributed by atoms with Crippen LogP contribution < -0.4 is 16.0 Å². The van der Waals surface area contributed by atoms with Gasteiger partial charge in [-0.15, -0.1) is 0 Å². The van der Waals surface area contributed by atoms with Crippen LogP contribution in [-0.2, 0) is 0 Å². The van der Waals surface area contributed by atoms with E-state index >= 15 is 0 Å². The maximum atomic E-state index is 8.96. The monoisotopic (exact) mass is 466 g/mol. The molecule has 0 radical (unpaired) electrons. The molecule has 0 spiro atoms. The Morgan fingerprint density at radius 2 is 1.41 bits per heavy atom. The second kappa shape index (κ2) is 10.6. The molecule has 0 fully saturated rings. The van der Waals surface area contributed by atoms with Crippen LogP contribution in [0.2, 0.25) is 10.0 Å². The van der Waals surface area contributed by atoms with E-state index in [1.807, 2.05) is 66.7 Å². The second-order valence-corrected chi connectivity index (χ2v) is 8.17. The highest BCUT2D eigenvalue weighted by Crippen LogP contribution is 2.35. The molecule has 4 aromatic rings. The molecule has 0 heterocycles. The van der Waals surface area contributed by atoms with Gasteiger partial charge in [-0.1, -0.05) is 76.9 Å². The van der Waals surface area contributed by atoms with Gasteiger partial charge in [-0.25, -0.2) is 0 Å². The summed E-state index contributed by atoms with van der Waals surface area (Å²) in [7, 11) is 0. The van der Waals surface area contributed by atoms with Gasteiger partial charge in [-0.05, 0) is 29.0 Å². The van der Waals surface area contributed by atoms with Gasteiger partial charge >= 0.3 is 0 Å². The number of hydrogen-bond acceptors (Lipinski definition) is 5. The molecule has 0 unspecified atom stereocenters. The van der Waals surface area contributed by atoms with Gasteiger partial charge in [0.1, 0.15) is 0 Å². The molecule has 0 aliphatic carbocycles. The van der Waals surface area contributed by atoms with E-state index in [1.54, 1.807) is 0 Å². The third-order valence-corrected chi connectivity index (χ3v) is 5.93. The zero-order valence-corrected chi connectivity index (χ0v) is 18.9. The number of halogens is 2. The molecule has 7 heteroatoms. The Labute approximate surface area is 197 Å². The van der Waals surface area contributed by atoms with Crippen LogP contribution in [0.15, 0.2) is 71.9 Å². The minimum atomic E-state index is 0.658. The van der Waals surface area contributed by atoms with Gasteiger partial charge in [0.2, 0.25) is 0 Å². The fourth-order valence-corrected chi connectivity index (χ4v) is 4.36. The third-order valence-electron chi connectivity index (χ3n) is 5.30. The molecule has 32 heavy (non-hydrogen) atoms. The Hall–Kier alpha value is -2.99. The minimum absolute atomic E-state index is 0.658. The van der Waals surface area contributed by atoms with E-state index in [1.165, 1.54) is 6.21 Å². The van der Waals surface area contributed by atoms with Crippen molar-refractivity contribution in [3.63, 3.8) is 0 Å². The zero-order chi connectivity index (χ0) is 22.3. The SMILES string of the molecule is O/N=C\c1cccc2cccc(NCCNCCNc3c(Cl)ccc4cccc(Cl)c34)c12. The van der Waals surface area contributed by atoms with Crippen LogP contribution >= 0.6 is 23.2 Å². The first-order valence-corrected chi connectivity index (χ1v) is 11.2. The lowest BCUT2D eigenvalue weighted by atomic mass is 10.0. The van der Waals surface area contributed by atoms with Gasteiger partial charge in [0.15, 0.2) is 0 Å². The number of hydrogen-bond donors (Lipinski definition) is 4. The van der Waals surface area contributed by atoms with E-state index < -0.39 is 0 Å². The maximum Gasteiger partial charge on any atom is 0.0740 e. The van der Waals surface area contributed by atoms with Gasteiger partial charge in [0, 0.05) is 48.2 Å². The summed E-state index contributed by atoms with van der Waals surface area (Å²) in [6.45, 7) is 3.04. The summed E-state index contributed by atoms with van der Waals surface area (Å²) in [4.78, 5) is 0. The first-order valence-electron chi connectivity index (χ1n) is 10.4. The number of nitrogens with one attached hydrogen (secondary N) is 3. The number of benzene rings is 4. The van der Waals surface area contributed by atoms with Crippen LogP contribution in [0.25, 0.3) is 21.5 Å². The molecule has 4 aromatic carbocycles. The lowest BCUT2D eigenvalue weighted by molar-refractivity contribution is 0.322. The van der Waals surface area contributed by atoms with E-state index in [9.17, 15) is 0 Å². The van der Waals surface area contributed by atoms with E-state index in [0.717, 1.165) is 64.7 Å². The lowest BCUT2D eigenvalue weighted by Gasteiger charge is -2.14. The summed E-state index contributed by atoms with van der Waals surface area (Å²) in [5.41, 5.74) is 2.74. The highest BCUT2D eigenvalue weighted by atomic mass is 35.5. The van der Waals surface area contributed by atoms with Gasteiger partial charge in [0.25, 0.3) is 0 Å². The Morgan fingerprint density at radius 3 is 2.19 bits per heavy atom. The standard InChI is InChI=1S/C25H24Cl2N4O/c26-20-8-2-5-18-10-11-21(27)25(24(18)20)30-15-13-28-12-14-29-22-9-3-6-17-4-1-7-19(16-31-32)23(17)22/h1-11,16,28-30,32H,12-15H2/b31-16-. The third kappa shape index (κ3) is 4.91. The number of anilines is 2. The quantitative estimate of drug-likeness (QED) is 0.102. The van der Waals surface area contributed by atoms with Crippen molar-refractivity contribution in [2.75, 3.05) is 36.8 Å². The number of oxime groups is 1. The summed E-state index contributed by atoms with van der Waals surface area (Å²) in [6, 6.07) is 21.7. The molecule has 0 aliphatic heterocycles. The van der Waals surface area contributed by atoms with Gasteiger partial charge in [-0.2, -0.15) is 0 Å². The van der Waals surface area contributed by atoms with Crippen LogP contribution in [0, 0.1) is 0 Å².